The van der Waals surface area contributed by atoms with Gasteiger partial charge in [-0.25, -0.2) is 0 Å². The molecule has 0 aromatic heterocycles. The van der Waals surface area contributed by atoms with Gasteiger partial charge in [-0.1, -0.05) is 19.8 Å². The topological polar surface area (TPSA) is 177 Å². The molecule has 0 heterocycles. The Morgan fingerprint density at radius 1 is 1.13 bits per heavy atom. The smallest absolute Gasteiger partial charge is 0.320 e. The zero-order valence-corrected chi connectivity index (χ0v) is 14.0. The molecule has 0 aromatic carbocycles. The molecule has 0 rings (SSSR count). The highest BCUT2D eigenvalue weighted by molar-refractivity contribution is 5.75. The first-order valence-corrected chi connectivity index (χ1v) is 7.72. The Kier molecular flexibility index (Phi) is 15.3. The summed E-state index contributed by atoms with van der Waals surface area (Å²) in [7, 11) is 0. The number of nitrogens with zero attached hydrogens (tertiary/aromatic N) is 1. The minimum atomic E-state index is -1.00. The van der Waals surface area contributed by atoms with Crippen LogP contribution in [0.15, 0.2) is 4.99 Å². The van der Waals surface area contributed by atoms with Gasteiger partial charge < -0.3 is 32.7 Å². The van der Waals surface area contributed by atoms with E-state index in [0.717, 1.165) is 13.0 Å². The van der Waals surface area contributed by atoms with Crippen molar-refractivity contribution < 1.29 is 19.8 Å². The number of nitrogens with one attached hydrogen (secondary N) is 1. The number of unbranched alkanes of at least 4 members (excludes halogenated alkanes) is 2. The lowest BCUT2D eigenvalue weighted by molar-refractivity contribution is -0.139. The molecule has 0 saturated carbocycles. The van der Waals surface area contributed by atoms with Gasteiger partial charge in [-0.05, 0) is 32.7 Å². The van der Waals surface area contributed by atoms with E-state index < -0.39 is 24.0 Å². The van der Waals surface area contributed by atoms with Gasteiger partial charge in [-0.3, -0.25) is 14.6 Å². The van der Waals surface area contributed by atoms with Gasteiger partial charge in [0.05, 0.1) is 0 Å². The Bertz CT molecular complexity index is 359. The molecule has 1 unspecified atom stereocenters. The summed E-state index contributed by atoms with van der Waals surface area (Å²) in [4.78, 5) is 24.2. The lowest BCUT2D eigenvalue weighted by Crippen LogP contribution is -2.34. The number of hydrogen-bond acceptors (Lipinski definition) is 5. The maximum Gasteiger partial charge on any atom is 0.320 e. The van der Waals surface area contributed by atoms with Gasteiger partial charge >= 0.3 is 11.9 Å². The number of carboxylic acid groups (broad SMARTS) is 2. The summed E-state index contributed by atoms with van der Waals surface area (Å²) in [5.74, 6) is -1.76. The standard InChI is InChI=1S/C8H17NO2.C6H14N4O2/c1-3-4-5-6-9-7(2)8(10)11;7-4(5(11)12)2-1-3-10-6(8)9/h7,9H,3-6H2,1-2H3,(H,10,11);4H,1-3,7H2,(H,11,12)(H4,8,9,10)/t;4-/m.0/s1. The van der Waals surface area contributed by atoms with Crippen molar-refractivity contribution in [2.75, 3.05) is 13.1 Å². The van der Waals surface area contributed by atoms with Gasteiger partial charge in [0.25, 0.3) is 0 Å². The lowest BCUT2D eigenvalue weighted by atomic mass is 10.2. The molecule has 136 valence electrons. The highest BCUT2D eigenvalue weighted by Gasteiger charge is 2.09. The van der Waals surface area contributed by atoms with Crippen molar-refractivity contribution in [2.24, 2.45) is 22.2 Å². The average Bonchev–Trinajstić information content (AvgIpc) is 2.47. The summed E-state index contributed by atoms with van der Waals surface area (Å²) in [6.45, 7) is 5.01. The molecule has 23 heavy (non-hydrogen) atoms. The fourth-order valence-corrected chi connectivity index (χ4v) is 1.42. The maximum atomic E-state index is 10.3. The van der Waals surface area contributed by atoms with E-state index in [1.807, 2.05) is 0 Å². The molecule has 2 atom stereocenters. The van der Waals surface area contributed by atoms with E-state index in [1.165, 1.54) is 12.8 Å². The quantitative estimate of drug-likeness (QED) is 0.169. The van der Waals surface area contributed by atoms with Crippen molar-refractivity contribution in [3.63, 3.8) is 0 Å². The van der Waals surface area contributed by atoms with Crippen molar-refractivity contribution in [3.05, 3.63) is 0 Å². The Balaban J connectivity index is 0. The molecule has 0 saturated heterocycles. The van der Waals surface area contributed by atoms with E-state index in [4.69, 9.17) is 27.4 Å². The molecule has 0 spiro atoms. The number of aliphatic imine (C=N–C) groups is 1. The van der Waals surface area contributed by atoms with Crippen molar-refractivity contribution in [3.8, 4) is 0 Å². The van der Waals surface area contributed by atoms with Gasteiger partial charge in [0, 0.05) is 6.54 Å². The second-order valence-electron chi connectivity index (χ2n) is 5.11. The fraction of sp³-hybridized carbons (Fsp3) is 0.786. The molecule has 0 fully saturated rings. The van der Waals surface area contributed by atoms with Gasteiger partial charge in [0.1, 0.15) is 12.1 Å². The van der Waals surface area contributed by atoms with Crippen LogP contribution < -0.4 is 22.5 Å². The number of guanidine groups is 1. The number of carboxylic acids is 2. The van der Waals surface area contributed by atoms with E-state index >= 15 is 0 Å². The van der Waals surface area contributed by atoms with Crippen LogP contribution in [0.3, 0.4) is 0 Å². The van der Waals surface area contributed by atoms with Crippen LogP contribution in [0.25, 0.3) is 0 Å². The molecule has 0 bridgehead atoms. The summed E-state index contributed by atoms with van der Waals surface area (Å²) in [5.41, 5.74) is 15.3. The highest BCUT2D eigenvalue weighted by Crippen LogP contribution is 1.94. The van der Waals surface area contributed by atoms with Crippen molar-refractivity contribution in [2.45, 2.75) is 58.0 Å². The number of rotatable bonds is 11. The number of carbonyl (C=O) groups is 2. The van der Waals surface area contributed by atoms with E-state index in [1.54, 1.807) is 6.92 Å². The molecule has 0 radical (unpaired) electrons. The third kappa shape index (κ3) is 18.1. The van der Waals surface area contributed by atoms with Crippen LogP contribution in [0, 0.1) is 0 Å². The van der Waals surface area contributed by atoms with Crippen LogP contribution in [0.5, 0.6) is 0 Å². The minimum absolute atomic E-state index is 0.0129. The normalized spacial score (nSPS) is 12.5. The Labute approximate surface area is 137 Å². The van der Waals surface area contributed by atoms with Crippen molar-refractivity contribution >= 4 is 17.9 Å². The second kappa shape index (κ2) is 15.0. The SMILES string of the molecule is CCCCCNC(C)C(=O)O.NC(N)=NCCC[C@H](N)C(=O)O. The van der Waals surface area contributed by atoms with Gasteiger partial charge in [0.15, 0.2) is 5.96 Å². The number of aliphatic carboxylic acids is 2. The molecule has 9 heteroatoms. The summed E-state index contributed by atoms with van der Waals surface area (Å²) >= 11 is 0. The Hall–Kier alpha value is -1.87. The van der Waals surface area contributed by atoms with Crippen molar-refractivity contribution in [1.29, 1.82) is 0 Å². The first-order chi connectivity index (χ1) is 10.7. The molecule has 0 aromatic rings. The average molecular weight is 333 g/mol. The Morgan fingerprint density at radius 2 is 1.74 bits per heavy atom. The third-order valence-corrected chi connectivity index (χ3v) is 2.89. The zero-order valence-electron chi connectivity index (χ0n) is 14.0. The fourth-order valence-electron chi connectivity index (χ4n) is 1.42. The van der Waals surface area contributed by atoms with Gasteiger partial charge in [-0.15, -0.1) is 0 Å². The van der Waals surface area contributed by atoms with Crippen LogP contribution in [-0.4, -0.2) is 53.3 Å². The van der Waals surface area contributed by atoms with Gasteiger partial charge in [-0.2, -0.15) is 0 Å². The van der Waals surface area contributed by atoms with E-state index in [-0.39, 0.29) is 5.96 Å². The second-order valence-corrected chi connectivity index (χ2v) is 5.11. The number of hydrogen-bond donors (Lipinski definition) is 6. The summed E-state index contributed by atoms with van der Waals surface area (Å²) in [6, 6.07) is -1.23. The minimum Gasteiger partial charge on any atom is -0.480 e. The summed E-state index contributed by atoms with van der Waals surface area (Å²) in [6.07, 6.45) is 4.36. The first kappa shape index (κ1) is 23.4. The molecule has 0 aliphatic rings. The molecule has 0 aliphatic carbocycles. The predicted molar refractivity (Wildman–Crippen MR) is 90.1 cm³/mol. The third-order valence-electron chi connectivity index (χ3n) is 2.89. The van der Waals surface area contributed by atoms with Crippen LogP contribution in [0.4, 0.5) is 0 Å². The zero-order chi connectivity index (χ0) is 18.3. The van der Waals surface area contributed by atoms with E-state index in [9.17, 15) is 9.59 Å². The summed E-state index contributed by atoms with van der Waals surface area (Å²) in [5, 5.41) is 19.8. The molecule has 0 aliphatic heterocycles. The van der Waals surface area contributed by atoms with Gasteiger partial charge in [0.2, 0.25) is 0 Å². The summed E-state index contributed by atoms with van der Waals surface area (Å²) < 4.78 is 0. The Morgan fingerprint density at radius 3 is 2.17 bits per heavy atom. The van der Waals surface area contributed by atoms with Crippen LogP contribution in [0.2, 0.25) is 0 Å². The molecule has 0 amide bonds. The number of nitrogens with two attached hydrogens (primary N) is 3. The largest absolute Gasteiger partial charge is 0.480 e. The van der Waals surface area contributed by atoms with Crippen molar-refractivity contribution in [1.82, 2.24) is 5.32 Å². The van der Waals surface area contributed by atoms with E-state index in [2.05, 4.69) is 17.2 Å². The van der Waals surface area contributed by atoms with Crippen LogP contribution in [0.1, 0.15) is 46.0 Å². The molecule has 9 N–H and O–H groups in total. The molecular formula is C14H31N5O4. The monoisotopic (exact) mass is 333 g/mol. The van der Waals surface area contributed by atoms with Crippen LogP contribution >= 0.6 is 0 Å². The predicted octanol–water partition coefficient (Wildman–Crippen LogP) is -0.309. The molecule has 9 nitrogen and oxygen atoms in total. The molecular weight excluding hydrogens is 302 g/mol. The first-order valence-electron chi connectivity index (χ1n) is 7.72. The lowest BCUT2D eigenvalue weighted by Gasteiger charge is -2.07. The highest BCUT2D eigenvalue weighted by atomic mass is 16.4. The van der Waals surface area contributed by atoms with Crippen LogP contribution in [-0.2, 0) is 9.59 Å². The maximum absolute atomic E-state index is 10.3. The van der Waals surface area contributed by atoms with E-state index in [0.29, 0.717) is 19.4 Å².